The number of likely N-dealkylation sites (N-methyl/N-ethyl adjacent to an activating group) is 1. The number of hydrogen-bond donors (Lipinski definition) is 8. The predicted octanol–water partition coefficient (Wildman–Crippen LogP) is -5.00. The molecule has 7 atom stereocenters. The number of ketones is 1. The Morgan fingerprint density at radius 2 is 1.87 bits per heavy atom. The maximum Gasteiger partial charge on any atom is 0.365 e. The first-order chi connectivity index (χ1) is 10.6. The molecule has 0 aromatic heterocycles. The second kappa shape index (κ2) is 7.59. The van der Waals surface area contributed by atoms with E-state index in [1.807, 2.05) is 0 Å². The van der Waals surface area contributed by atoms with E-state index in [0.717, 1.165) is 0 Å². The van der Waals surface area contributed by atoms with Crippen molar-refractivity contribution in [3.63, 3.8) is 0 Å². The molecule has 23 heavy (non-hydrogen) atoms. The van der Waals surface area contributed by atoms with Gasteiger partial charge in [-0.25, -0.2) is 4.79 Å². The zero-order valence-corrected chi connectivity index (χ0v) is 12.2. The number of nitrogens with one attached hydrogen (secondary N) is 1. The van der Waals surface area contributed by atoms with Gasteiger partial charge in [0.2, 0.25) is 0 Å². The minimum Gasteiger partial charge on any atom is -0.477 e. The summed E-state index contributed by atoms with van der Waals surface area (Å²) in [6.07, 6.45) is -7.14. The van der Waals surface area contributed by atoms with Crippen LogP contribution < -0.4 is 5.32 Å². The van der Waals surface area contributed by atoms with Gasteiger partial charge in [-0.1, -0.05) is 0 Å². The molecule has 1 fully saturated rings. The Hall–Kier alpha value is -1.18. The summed E-state index contributed by atoms with van der Waals surface area (Å²) in [5.74, 6) is -8.46. The number of Topliss-reactive ketones (excluding diaryl/α,β-unsaturated/α-hetero) is 1. The molecular weight excluding hydrogens is 318 g/mol. The molecule has 2 unspecified atom stereocenters. The van der Waals surface area contributed by atoms with E-state index in [4.69, 9.17) is 20.1 Å². The van der Waals surface area contributed by atoms with Crippen LogP contribution in [0.5, 0.6) is 0 Å². The number of carboxylic acids is 1. The second-order valence-corrected chi connectivity index (χ2v) is 5.23. The van der Waals surface area contributed by atoms with E-state index in [-0.39, 0.29) is 0 Å². The quantitative estimate of drug-likeness (QED) is 0.221. The molecule has 0 aromatic carbocycles. The molecular formula is C12H21NO10. The van der Waals surface area contributed by atoms with Gasteiger partial charge in [-0.05, 0) is 7.05 Å². The van der Waals surface area contributed by atoms with Crippen LogP contribution in [0.15, 0.2) is 0 Å². The fraction of sp³-hybridized carbons (Fsp3) is 0.833. The largest absolute Gasteiger partial charge is 0.477 e. The van der Waals surface area contributed by atoms with Crippen LogP contribution in [0, 0.1) is 5.92 Å². The van der Waals surface area contributed by atoms with E-state index < -0.39 is 67.1 Å². The van der Waals surface area contributed by atoms with Crippen LogP contribution in [0.2, 0.25) is 0 Å². The van der Waals surface area contributed by atoms with E-state index in [1.165, 1.54) is 7.05 Å². The topological polar surface area (TPSA) is 197 Å². The molecule has 8 N–H and O–H groups in total. The number of carboxylic acid groups (broad SMARTS) is 1. The smallest absolute Gasteiger partial charge is 0.365 e. The average molecular weight is 339 g/mol. The number of rotatable bonds is 7. The molecule has 0 spiro atoms. The van der Waals surface area contributed by atoms with Gasteiger partial charge in [0.15, 0.2) is 5.78 Å². The molecule has 1 saturated heterocycles. The van der Waals surface area contributed by atoms with Crippen molar-refractivity contribution in [3.05, 3.63) is 0 Å². The van der Waals surface area contributed by atoms with Crippen LogP contribution in [0.1, 0.15) is 0 Å². The van der Waals surface area contributed by atoms with Crippen molar-refractivity contribution < 1.29 is 50.1 Å². The van der Waals surface area contributed by atoms with Gasteiger partial charge in [0.05, 0.1) is 18.8 Å². The van der Waals surface area contributed by atoms with Gasteiger partial charge in [0.1, 0.15) is 30.8 Å². The van der Waals surface area contributed by atoms with E-state index in [9.17, 15) is 30.0 Å². The number of ether oxygens (including phenoxy) is 1. The summed E-state index contributed by atoms with van der Waals surface area (Å²) < 4.78 is 4.91. The summed E-state index contributed by atoms with van der Waals surface area (Å²) >= 11 is 0. The molecule has 11 nitrogen and oxygen atoms in total. The normalized spacial score (nSPS) is 37.2. The van der Waals surface area contributed by atoms with Gasteiger partial charge >= 0.3 is 5.97 Å². The van der Waals surface area contributed by atoms with Gasteiger partial charge in [-0.2, -0.15) is 0 Å². The first kappa shape index (κ1) is 19.9. The standard InChI is InChI=1S/C12H21NO10/c1-13-7-9(19)6(4(16)2-14)12(22,11(20)21)23-10(7)8(18)5(17)3-15/h5-10,13-15,17-19,22H,2-3H2,1H3,(H,20,21)/t5-,6?,7-,8-,9+,10-,12?/m1/s1. The Balaban J connectivity index is 3.30. The van der Waals surface area contributed by atoms with Crippen molar-refractivity contribution in [1.29, 1.82) is 0 Å². The lowest BCUT2D eigenvalue weighted by Gasteiger charge is -2.48. The highest BCUT2D eigenvalue weighted by Gasteiger charge is 2.62. The number of aliphatic hydroxyl groups is 6. The maximum absolute atomic E-state index is 11.7. The van der Waals surface area contributed by atoms with Crippen molar-refractivity contribution >= 4 is 11.8 Å². The molecule has 134 valence electrons. The fourth-order valence-corrected chi connectivity index (χ4v) is 2.62. The minimum absolute atomic E-state index is 0.891. The van der Waals surface area contributed by atoms with Gasteiger partial charge in [0.25, 0.3) is 5.79 Å². The highest BCUT2D eigenvalue weighted by Crippen LogP contribution is 2.35. The number of aliphatic carboxylic acids is 1. The van der Waals surface area contributed by atoms with E-state index >= 15 is 0 Å². The third-order valence-electron chi connectivity index (χ3n) is 3.86. The third-order valence-corrected chi connectivity index (χ3v) is 3.86. The molecule has 1 rings (SSSR count). The summed E-state index contributed by atoms with van der Waals surface area (Å²) in [6.45, 7) is -2.04. The van der Waals surface area contributed by atoms with Crippen molar-refractivity contribution in [2.24, 2.45) is 5.92 Å². The summed E-state index contributed by atoms with van der Waals surface area (Å²) in [5, 5.41) is 69.2. The Morgan fingerprint density at radius 3 is 2.26 bits per heavy atom. The van der Waals surface area contributed by atoms with E-state index in [0.29, 0.717) is 0 Å². The lowest BCUT2D eigenvalue weighted by molar-refractivity contribution is -0.314. The van der Waals surface area contributed by atoms with Crippen molar-refractivity contribution in [2.45, 2.75) is 36.2 Å². The lowest BCUT2D eigenvalue weighted by atomic mass is 9.78. The lowest BCUT2D eigenvalue weighted by Crippen LogP contribution is -2.72. The number of carbonyl (C=O) groups is 2. The van der Waals surface area contributed by atoms with Crippen LogP contribution in [0.3, 0.4) is 0 Å². The fourth-order valence-electron chi connectivity index (χ4n) is 2.62. The molecule has 0 saturated carbocycles. The zero-order chi connectivity index (χ0) is 17.9. The molecule has 0 aliphatic carbocycles. The van der Waals surface area contributed by atoms with Crippen LogP contribution in [-0.4, -0.2) is 104 Å². The highest BCUT2D eigenvalue weighted by molar-refractivity contribution is 5.90. The summed E-state index contributed by atoms with van der Waals surface area (Å²) in [4.78, 5) is 23.1. The molecule has 0 radical (unpaired) electrons. The van der Waals surface area contributed by atoms with Gasteiger partial charge in [-0.15, -0.1) is 0 Å². The summed E-state index contributed by atoms with van der Waals surface area (Å²) in [6, 6.07) is -1.27. The monoisotopic (exact) mass is 339 g/mol. The number of aliphatic hydroxyl groups excluding tert-OH is 5. The molecule has 1 heterocycles. The molecule has 0 amide bonds. The predicted molar refractivity (Wildman–Crippen MR) is 71.0 cm³/mol. The van der Waals surface area contributed by atoms with Crippen molar-refractivity contribution in [1.82, 2.24) is 5.32 Å². The van der Waals surface area contributed by atoms with Crippen LogP contribution in [0.25, 0.3) is 0 Å². The van der Waals surface area contributed by atoms with Crippen molar-refractivity contribution in [3.8, 4) is 0 Å². The third kappa shape index (κ3) is 3.51. The van der Waals surface area contributed by atoms with Gasteiger partial charge in [0, 0.05) is 0 Å². The Labute approximate surface area is 130 Å². The average Bonchev–Trinajstić information content (AvgIpc) is 2.52. The minimum atomic E-state index is -3.23. The van der Waals surface area contributed by atoms with Crippen LogP contribution in [0.4, 0.5) is 0 Å². The first-order valence-electron chi connectivity index (χ1n) is 6.75. The Kier molecular flexibility index (Phi) is 6.56. The number of carbonyl (C=O) groups excluding carboxylic acids is 1. The second-order valence-electron chi connectivity index (χ2n) is 5.23. The number of hydrogen-bond acceptors (Lipinski definition) is 10. The molecule has 1 aliphatic heterocycles. The molecule has 0 bridgehead atoms. The van der Waals surface area contributed by atoms with Gasteiger partial charge in [-0.3, -0.25) is 4.79 Å². The van der Waals surface area contributed by atoms with Crippen molar-refractivity contribution in [2.75, 3.05) is 20.3 Å². The van der Waals surface area contributed by atoms with E-state index in [2.05, 4.69) is 5.32 Å². The maximum atomic E-state index is 11.7. The zero-order valence-electron chi connectivity index (χ0n) is 12.2. The molecule has 1 aliphatic rings. The van der Waals surface area contributed by atoms with Gasteiger partial charge < -0.3 is 45.8 Å². The Bertz CT molecular complexity index is 446. The highest BCUT2D eigenvalue weighted by atomic mass is 16.7. The van der Waals surface area contributed by atoms with Crippen LogP contribution in [-0.2, 0) is 14.3 Å². The summed E-state index contributed by atoms with van der Waals surface area (Å²) in [5.41, 5.74) is 0. The van der Waals surface area contributed by atoms with E-state index in [1.54, 1.807) is 0 Å². The molecule has 11 heteroatoms. The summed E-state index contributed by atoms with van der Waals surface area (Å²) in [7, 11) is 1.30. The Morgan fingerprint density at radius 1 is 1.30 bits per heavy atom. The first-order valence-corrected chi connectivity index (χ1v) is 6.75. The molecule has 0 aromatic rings. The van der Waals surface area contributed by atoms with Crippen LogP contribution >= 0.6 is 0 Å². The SMILES string of the molecule is CN[C@H]1[C@H]([C@H](O)[C@H](O)CO)OC(O)(C(=O)O)C(C(=O)CO)[C@@H]1O.